The molecule has 0 radical (unpaired) electrons. The van der Waals surface area contributed by atoms with E-state index in [0.717, 1.165) is 47.1 Å². The van der Waals surface area contributed by atoms with Crippen LogP contribution in [0, 0.1) is 13.8 Å². The van der Waals surface area contributed by atoms with Gasteiger partial charge in [-0.1, -0.05) is 18.2 Å². The molecular weight excluding hydrogens is 314 g/mol. The number of para-hydroxylation sites is 1. The third-order valence-electron chi connectivity index (χ3n) is 4.85. The van der Waals surface area contributed by atoms with E-state index < -0.39 is 0 Å². The summed E-state index contributed by atoms with van der Waals surface area (Å²) in [6, 6.07) is 10.0. The van der Waals surface area contributed by atoms with Gasteiger partial charge in [0.05, 0.1) is 18.2 Å². The van der Waals surface area contributed by atoms with E-state index in [0.29, 0.717) is 6.54 Å². The lowest BCUT2D eigenvalue weighted by molar-refractivity contribution is -0.119. The summed E-state index contributed by atoms with van der Waals surface area (Å²) >= 11 is 0. The first-order chi connectivity index (χ1) is 12.0. The molecule has 0 bridgehead atoms. The fraction of sp³-hybridized carbons (Fsp3) is 0.316. The predicted molar refractivity (Wildman–Crippen MR) is 96.5 cm³/mol. The molecular formula is C19H21N5O. The van der Waals surface area contributed by atoms with Crippen LogP contribution in [0.5, 0.6) is 0 Å². The highest BCUT2D eigenvalue weighted by Crippen LogP contribution is 2.35. The molecule has 3 heterocycles. The molecule has 4 rings (SSSR count). The molecule has 0 fully saturated rings. The number of benzene rings is 1. The lowest BCUT2D eigenvalue weighted by Crippen LogP contribution is -2.35. The number of hydrogen-bond donors (Lipinski definition) is 1. The minimum Gasteiger partial charge on any atom is -0.369 e. The molecule has 1 atom stereocenters. The molecule has 2 N–H and O–H groups in total. The lowest BCUT2D eigenvalue weighted by Gasteiger charge is -2.34. The third-order valence-corrected chi connectivity index (χ3v) is 4.85. The van der Waals surface area contributed by atoms with Crippen LogP contribution in [0.4, 0.5) is 5.69 Å². The molecule has 0 unspecified atom stereocenters. The van der Waals surface area contributed by atoms with Crippen LogP contribution in [0.2, 0.25) is 0 Å². The number of anilines is 1. The van der Waals surface area contributed by atoms with Crippen molar-refractivity contribution in [1.82, 2.24) is 14.4 Å². The number of aryl methyl sites for hydroxylation is 2. The second-order valence-corrected chi connectivity index (χ2v) is 6.67. The summed E-state index contributed by atoms with van der Waals surface area (Å²) in [5.41, 5.74) is 10.7. The topological polar surface area (TPSA) is 76.5 Å². The van der Waals surface area contributed by atoms with E-state index in [1.807, 2.05) is 47.9 Å². The van der Waals surface area contributed by atoms with E-state index in [1.54, 1.807) is 0 Å². The summed E-state index contributed by atoms with van der Waals surface area (Å²) in [7, 11) is 0. The van der Waals surface area contributed by atoms with E-state index in [-0.39, 0.29) is 11.8 Å². The van der Waals surface area contributed by atoms with Crippen LogP contribution in [-0.2, 0) is 11.3 Å². The van der Waals surface area contributed by atoms with Crippen LogP contribution in [0.15, 0.2) is 36.5 Å². The van der Waals surface area contributed by atoms with Crippen molar-refractivity contribution in [3.63, 3.8) is 0 Å². The van der Waals surface area contributed by atoms with Gasteiger partial charge in [-0.15, -0.1) is 0 Å². The maximum atomic E-state index is 11.7. The monoisotopic (exact) mass is 335 g/mol. The molecule has 1 aromatic carbocycles. The van der Waals surface area contributed by atoms with Crippen molar-refractivity contribution >= 4 is 17.4 Å². The Labute approximate surface area is 146 Å². The number of amides is 1. The molecule has 3 aromatic rings. The second kappa shape index (κ2) is 5.88. The van der Waals surface area contributed by atoms with Crippen molar-refractivity contribution in [2.45, 2.75) is 32.7 Å². The van der Waals surface area contributed by atoms with Crippen molar-refractivity contribution in [3.05, 3.63) is 59.2 Å². The lowest BCUT2D eigenvalue weighted by atomic mass is 9.89. The molecule has 0 saturated heterocycles. The van der Waals surface area contributed by atoms with Crippen molar-refractivity contribution in [1.29, 1.82) is 0 Å². The first-order valence-electron chi connectivity index (χ1n) is 8.48. The standard InChI is InChI=1S/C19H21N5O/c1-12-9-13(2)24-11-14(22-19(24)21-12)10-23-8-7-16(18(20)25)15-5-3-4-6-17(15)23/h3-6,9,11,16H,7-8,10H2,1-2H3,(H2,20,25)/t16-/m1/s1. The highest BCUT2D eigenvalue weighted by molar-refractivity contribution is 5.85. The molecule has 0 saturated carbocycles. The summed E-state index contributed by atoms with van der Waals surface area (Å²) in [4.78, 5) is 23.2. The van der Waals surface area contributed by atoms with Crippen molar-refractivity contribution in [2.75, 3.05) is 11.4 Å². The quantitative estimate of drug-likeness (QED) is 0.797. The Morgan fingerprint density at radius 2 is 2.08 bits per heavy atom. The minimum absolute atomic E-state index is 0.208. The van der Waals surface area contributed by atoms with Crippen LogP contribution in [0.25, 0.3) is 5.78 Å². The largest absolute Gasteiger partial charge is 0.369 e. The number of aromatic nitrogens is 3. The molecule has 1 amide bonds. The van der Waals surface area contributed by atoms with E-state index in [1.165, 1.54) is 0 Å². The van der Waals surface area contributed by atoms with Gasteiger partial charge in [0.2, 0.25) is 11.7 Å². The number of nitrogens with two attached hydrogens (primary N) is 1. The molecule has 128 valence electrons. The first-order valence-corrected chi connectivity index (χ1v) is 8.48. The second-order valence-electron chi connectivity index (χ2n) is 6.67. The molecule has 6 heteroatoms. The Bertz CT molecular complexity index is 962. The van der Waals surface area contributed by atoms with Gasteiger partial charge in [0.1, 0.15) is 0 Å². The fourth-order valence-corrected chi connectivity index (χ4v) is 3.68. The van der Waals surface area contributed by atoms with Crippen LogP contribution < -0.4 is 10.6 Å². The van der Waals surface area contributed by atoms with E-state index in [9.17, 15) is 4.79 Å². The summed E-state index contributed by atoms with van der Waals surface area (Å²) in [6.07, 6.45) is 2.77. The molecule has 1 aliphatic rings. The Morgan fingerprint density at radius 3 is 2.88 bits per heavy atom. The summed E-state index contributed by atoms with van der Waals surface area (Å²) in [5, 5.41) is 0. The number of hydrogen-bond acceptors (Lipinski definition) is 4. The molecule has 2 aromatic heterocycles. The smallest absolute Gasteiger partial charge is 0.234 e. The number of imidazole rings is 1. The zero-order chi connectivity index (χ0) is 17.6. The number of rotatable bonds is 3. The van der Waals surface area contributed by atoms with Gasteiger partial charge in [-0.25, -0.2) is 9.97 Å². The zero-order valence-electron chi connectivity index (χ0n) is 14.4. The van der Waals surface area contributed by atoms with Crippen LogP contribution in [0.3, 0.4) is 0 Å². The van der Waals surface area contributed by atoms with Gasteiger partial charge in [0, 0.05) is 29.8 Å². The number of fused-ring (bicyclic) bond motifs is 2. The van der Waals surface area contributed by atoms with Crippen molar-refractivity contribution in [3.8, 4) is 0 Å². The predicted octanol–water partition coefficient (Wildman–Crippen LogP) is 2.33. The van der Waals surface area contributed by atoms with E-state index in [2.05, 4.69) is 21.8 Å². The Kier molecular flexibility index (Phi) is 3.67. The highest BCUT2D eigenvalue weighted by Gasteiger charge is 2.28. The van der Waals surface area contributed by atoms with Crippen molar-refractivity contribution < 1.29 is 4.79 Å². The maximum absolute atomic E-state index is 11.7. The summed E-state index contributed by atoms with van der Waals surface area (Å²) in [6.45, 7) is 5.50. The molecule has 1 aliphatic heterocycles. The first kappa shape index (κ1) is 15.6. The van der Waals surface area contributed by atoms with Gasteiger partial charge in [-0.05, 0) is 38.0 Å². The Balaban J connectivity index is 1.68. The Morgan fingerprint density at radius 1 is 1.28 bits per heavy atom. The fourth-order valence-electron chi connectivity index (χ4n) is 3.68. The van der Waals surface area contributed by atoms with Crippen molar-refractivity contribution in [2.24, 2.45) is 5.73 Å². The highest BCUT2D eigenvalue weighted by atomic mass is 16.1. The van der Waals surface area contributed by atoms with E-state index in [4.69, 9.17) is 5.73 Å². The third kappa shape index (κ3) is 2.73. The Hall–Kier alpha value is -2.89. The van der Waals surface area contributed by atoms with Gasteiger partial charge in [-0.3, -0.25) is 9.20 Å². The van der Waals surface area contributed by atoms with Crippen LogP contribution in [0.1, 0.15) is 35.0 Å². The average molecular weight is 335 g/mol. The number of primary amides is 1. The number of carbonyl (C=O) groups is 1. The number of carbonyl (C=O) groups excluding carboxylic acids is 1. The van der Waals surface area contributed by atoms with Crippen LogP contribution in [-0.4, -0.2) is 26.8 Å². The van der Waals surface area contributed by atoms with Gasteiger partial charge >= 0.3 is 0 Å². The van der Waals surface area contributed by atoms with Gasteiger partial charge in [0.25, 0.3) is 0 Å². The molecule has 0 aliphatic carbocycles. The number of nitrogens with zero attached hydrogens (tertiary/aromatic N) is 4. The average Bonchev–Trinajstić information content (AvgIpc) is 2.97. The van der Waals surface area contributed by atoms with Gasteiger partial charge in [0.15, 0.2) is 0 Å². The summed E-state index contributed by atoms with van der Waals surface area (Å²) in [5.74, 6) is 0.267. The normalized spacial score (nSPS) is 16.9. The van der Waals surface area contributed by atoms with Gasteiger partial charge in [-0.2, -0.15) is 0 Å². The molecule has 0 spiro atoms. The van der Waals surface area contributed by atoms with E-state index >= 15 is 0 Å². The minimum atomic E-state index is -0.255. The zero-order valence-corrected chi connectivity index (χ0v) is 14.4. The molecule has 25 heavy (non-hydrogen) atoms. The molecule has 6 nitrogen and oxygen atoms in total. The summed E-state index contributed by atoms with van der Waals surface area (Å²) < 4.78 is 2.02. The van der Waals surface area contributed by atoms with Crippen LogP contribution >= 0.6 is 0 Å². The van der Waals surface area contributed by atoms with Gasteiger partial charge < -0.3 is 10.6 Å². The SMILES string of the molecule is Cc1cc(C)n2cc(CN3CC[C@@H](C(N)=O)c4ccccc43)nc2n1. The maximum Gasteiger partial charge on any atom is 0.234 e.